The van der Waals surface area contributed by atoms with Crippen molar-refractivity contribution in [2.75, 3.05) is 0 Å². The predicted molar refractivity (Wildman–Crippen MR) is 41.9 cm³/mol. The molecular weight excluding hydrogens is 160 g/mol. The Balaban J connectivity index is 2.66. The van der Waals surface area contributed by atoms with Crippen molar-refractivity contribution < 1.29 is 0 Å². The smallest absolute Gasteiger partial charge is 0.187 e. The van der Waals surface area contributed by atoms with Crippen LogP contribution in [0.2, 0.25) is 0 Å². The summed E-state index contributed by atoms with van der Waals surface area (Å²) < 4.78 is 1.65. The fraction of sp³-hybridized carbons (Fsp3) is 0.500. The fourth-order valence-electron chi connectivity index (χ4n) is 0.577. The van der Waals surface area contributed by atoms with E-state index in [9.17, 15) is 0 Å². The molecule has 0 bridgehead atoms. The van der Waals surface area contributed by atoms with E-state index in [4.69, 9.17) is 5.26 Å². The minimum absolute atomic E-state index is 0.0714. The Hall–Kier alpha value is -1.02. The zero-order chi connectivity index (χ0) is 8.27. The summed E-state index contributed by atoms with van der Waals surface area (Å²) >= 11 is 1.41. The molecule has 0 aromatic carbocycles. The normalized spacial score (nSPS) is 12.5. The van der Waals surface area contributed by atoms with Crippen molar-refractivity contribution in [2.45, 2.75) is 17.3 Å². The molecule has 0 fully saturated rings. The number of aromatic nitrogens is 3. The Morgan fingerprint density at radius 1 is 1.82 bits per heavy atom. The van der Waals surface area contributed by atoms with Gasteiger partial charge in [0.25, 0.3) is 0 Å². The van der Waals surface area contributed by atoms with Crippen LogP contribution in [0.5, 0.6) is 0 Å². The topological polar surface area (TPSA) is 54.5 Å². The minimum Gasteiger partial charge on any atom is -0.244 e. The molecule has 11 heavy (non-hydrogen) atoms. The van der Waals surface area contributed by atoms with Gasteiger partial charge in [-0.2, -0.15) is 10.4 Å². The molecule has 0 saturated carbocycles. The second-order valence-corrected chi connectivity index (χ2v) is 3.36. The molecular formula is C6H8N4S. The first-order chi connectivity index (χ1) is 5.24. The van der Waals surface area contributed by atoms with E-state index in [0.717, 1.165) is 5.16 Å². The van der Waals surface area contributed by atoms with E-state index in [2.05, 4.69) is 16.2 Å². The second kappa shape index (κ2) is 3.39. The van der Waals surface area contributed by atoms with Crippen molar-refractivity contribution in [3.63, 3.8) is 0 Å². The summed E-state index contributed by atoms with van der Waals surface area (Å²) in [6.45, 7) is 1.83. The quantitative estimate of drug-likeness (QED) is 0.613. The Bertz CT molecular complexity index is 274. The van der Waals surface area contributed by atoms with Gasteiger partial charge in [-0.15, -0.1) is 0 Å². The summed E-state index contributed by atoms with van der Waals surface area (Å²) in [6, 6.07) is 2.11. The van der Waals surface area contributed by atoms with Gasteiger partial charge in [0.1, 0.15) is 6.33 Å². The van der Waals surface area contributed by atoms with Crippen LogP contribution in [0.15, 0.2) is 11.5 Å². The van der Waals surface area contributed by atoms with Crippen molar-refractivity contribution in [2.24, 2.45) is 7.05 Å². The number of aryl methyl sites for hydroxylation is 1. The lowest BCUT2D eigenvalue weighted by Crippen LogP contribution is -1.97. The molecule has 0 spiro atoms. The molecule has 1 rings (SSSR count). The molecule has 1 aromatic rings. The number of thioether (sulfide) groups is 1. The van der Waals surface area contributed by atoms with E-state index >= 15 is 0 Å². The van der Waals surface area contributed by atoms with Crippen molar-refractivity contribution in [3.05, 3.63) is 6.33 Å². The molecule has 0 aliphatic rings. The predicted octanol–water partition coefficient (Wildman–Crippen LogP) is 0.819. The largest absolute Gasteiger partial charge is 0.244 e. The van der Waals surface area contributed by atoms with Gasteiger partial charge in [0, 0.05) is 7.05 Å². The van der Waals surface area contributed by atoms with Gasteiger partial charge in [0.15, 0.2) is 5.16 Å². The van der Waals surface area contributed by atoms with Gasteiger partial charge in [-0.3, -0.25) is 0 Å². The van der Waals surface area contributed by atoms with Crippen molar-refractivity contribution >= 4 is 11.8 Å². The number of nitrogens with zero attached hydrogens (tertiary/aromatic N) is 4. The van der Waals surface area contributed by atoms with Crippen LogP contribution in [0.1, 0.15) is 6.92 Å². The Labute approximate surface area is 69.2 Å². The van der Waals surface area contributed by atoms with Gasteiger partial charge in [0.05, 0.1) is 11.3 Å². The average Bonchev–Trinajstić information content (AvgIpc) is 2.37. The monoisotopic (exact) mass is 168 g/mol. The third-order valence-corrected chi connectivity index (χ3v) is 2.17. The van der Waals surface area contributed by atoms with E-state index in [-0.39, 0.29) is 5.25 Å². The maximum absolute atomic E-state index is 8.50. The highest BCUT2D eigenvalue weighted by Crippen LogP contribution is 2.18. The van der Waals surface area contributed by atoms with Crippen LogP contribution in [-0.2, 0) is 7.05 Å². The third-order valence-electron chi connectivity index (χ3n) is 1.13. The van der Waals surface area contributed by atoms with Crippen molar-refractivity contribution in [1.29, 1.82) is 5.26 Å². The summed E-state index contributed by atoms with van der Waals surface area (Å²) in [5.41, 5.74) is 0. The van der Waals surface area contributed by atoms with Gasteiger partial charge in [-0.05, 0) is 6.92 Å². The maximum Gasteiger partial charge on any atom is 0.187 e. The van der Waals surface area contributed by atoms with Crippen LogP contribution >= 0.6 is 11.8 Å². The second-order valence-electron chi connectivity index (χ2n) is 2.06. The first kappa shape index (κ1) is 8.08. The highest BCUT2D eigenvalue weighted by atomic mass is 32.2. The molecule has 0 aliphatic heterocycles. The lowest BCUT2D eigenvalue weighted by Gasteiger charge is -1.99. The first-order valence-corrected chi connectivity index (χ1v) is 4.02. The number of nitriles is 1. The highest BCUT2D eigenvalue weighted by Gasteiger charge is 2.06. The Morgan fingerprint density at radius 2 is 2.55 bits per heavy atom. The highest BCUT2D eigenvalue weighted by molar-refractivity contribution is 8.00. The van der Waals surface area contributed by atoms with Crippen molar-refractivity contribution in [1.82, 2.24) is 14.8 Å². The lowest BCUT2D eigenvalue weighted by molar-refractivity contribution is 0.684. The average molecular weight is 168 g/mol. The minimum atomic E-state index is -0.0714. The van der Waals surface area contributed by atoms with Gasteiger partial charge in [-0.25, -0.2) is 9.67 Å². The molecule has 58 valence electrons. The molecule has 0 amide bonds. The summed E-state index contributed by atoms with van der Waals surface area (Å²) in [5, 5.41) is 13.1. The zero-order valence-electron chi connectivity index (χ0n) is 6.35. The van der Waals surface area contributed by atoms with E-state index in [1.54, 1.807) is 11.7 Å². The molecule has 0 aliphatic carbocycles. The zero-order valence-corrected chi connectivity index (χ0v) is 7.17. The molecule has 1 aromatic heterocycles. The third kappa shape index (κ3) is 1.95. The van der Waals surface area contributed by atoms with Gasteiger partial charge >= 0.3 is 0 Å². The van der Waals surface area contributed by atoms with E-state index in [0.29, 0.717) is 0 Å². The summed E-state index contributed by atoms with van der Waals surface area (Å²) in [7, 11) is 1.80. The lowest BCUT2D eigenvalue weighted by atomic mass is 10.5. The van der Waals surface area contributed by atoms with Crippen molar-refractivity contribution in [3.8, 4) is 6.07 Å². The molecule has 1 heterocycles. The number of hydrogen-bond acceptors (Lipinski definition) is 4. The molecule has 0 saturated heterocycles. The van der Waals surface area contributed by atoms with E-state index < -0.39 is 0 Å². The Morgan fingerprint density at radius 3 is 3.00 bits per heavy atom. The summed E-state index contributed by atoms with van der Waals surface area (Å²) in [5.74, 6) is 0. The van der Waals surface area contributed by atoms with E-state index in [1.807, 2.05) is 6.92 Å². The van der Waals surface area contributed by atoms with Crippen LogP contribution < -0.4 is 0 Å². The van der Waals surface area contributed by atoms with Crippen LogP contribution in [0.4, 0.5) is 0 Å². The van der Waals surface area contributed by atoms with E-state index in [1.165, 1.54) is 18.1 Å². The van der Waals surface area contributed by atoms with Gasteiger partial charge in [0.2, 0.25) is 0 Å². The maximum atomic E-state index is 8.50. The number of hydrogen-bond donors (Lipinski definition) is 0. The van der Waals surface area contributed by atoms with Crippen LogP contribution in [-0.4, -0.2) is 20.0 Å². The standard InChI is InChI=1S/C6H8N4S/c1-5(3-7)11-6-8-4-9-10(6)2/h4-5H,1-2H3. The molecule has 5 heteroatoms. The molecule has 4 nitrogen and oxygen atoms in total. The molecule has 0 N–H and O–H groups in total. The van der Waals surface area contributed by atoms with Crippen LogP contribution in [0.3, 0.4) is 0 Å². The summed E-state index contributed by atoms with van der Waals surface area (Å²) in [4.78, 5) is 3.97. The van der Waals surface area contributed by atoms with Gasteiger partial charge in [-0.1, -0.05) is 11.8 Å². The SMILES string of the molecule is CC(C#N)Sc1ncnn1C. The van der Waals surface area contributed by atoms with Gasteiger partial charge < -0.3 is 0 Å². The molecule has 0 radical (unpaired) electrons. The fourth-order valence-corrected chi connectivity index (χ4v) is 1.25. The molecule has 1 unspecified atom stereocenters. The Kier molecular flexibility index (Phi) is 2.49. The van der Waals surface area contributed by atoms with Crippen LogP contribution in [0, 0.1) is 11.3 Å². The summed E-state index contributed by atoms with van der Waals surface area (Å²) in [6.07, 6.45) is 1.48. The van der Waals surface area contributed by atoms with Crippen LogP contribution in [0.25, 0.3) is 0 Å². The first-order valence-electron chi connectivity index (χ1n) is 3.14. The number of rotatable bonds is 2. The molecule has 1 atom stereocenters.